The third-order valence-electron chi connectivity index (χ3n) is 4.58. The van der Waals surface area contributed by atoms with Crippen LogP contribution in [-0.4, -0.2) is 47.1 Å². The molecule has 0 saturated carbocycles. The summed E-state index contributed by atoms with van der Waals surface area (Å²) in [5.74, 6) is 0.788. The topological polar surface area (TPSA) is 84.9 Å². The minimum Gasteiger partial charge on any atom is -0.492 e. The Morgan fingerprint density at radius 3 is 2.69 bits per heavy atom. The second-order valence-electron chi connectivity index (χ2n) is 6.56. The maximum Gasteiger partial charge on any atom is 0.286 e. The zero-order valence-electron chi connectivity index (χ0n) is 15.2. The number of rotatable bonds is 6. The first-order valence-corrected chi connectivity index (χ1v) is 10.2. The van der Waals surface area contributed by atoms with Crippen LogP contribution < -0.4 is 14.8 Å². The van der Waals surface area contributed by atoms with Gasteiger partial charge in [0.25, 0.3) is 11.1 Å². The van der Waals surface area contributed by atoms with Gasteiger partial charge in [0.1, 0.15) is 18.1 Å². The molecule has 29 heavy (non-hydrogen) atoms. The first-order chi connectivity index (χ1) is 14.0. The number of ether oxygens (including phenoxy) is 2. The van der Waals surface area contributed by atoms with E-state index in [0.717, 1.165) is 17.3 Å². The van der Waals surface area contributed by atoms with Crippen LogP contribution in [0.15, 0.2) is 42.5 Å². The Morgan fingerprint density at radius 1 is 1.17 bits per heavy atom. The molecule has 2 heterocycles. The number of halogens is 1. The van der Waals surface area contributed by atoms with Crippen molar-refractivity contribution >= 4 is 40.4 Å². The van der Waals surface area contributed by atoms with Crippen LogP contribution in [0.4, 0.5) is 4.79 Å². The van der Waals surface area contributed by atoms with E-state index in [2.05, 4.69) is 5.32 Å². The molecule has 0 aliphatic carbocycles. The molecule has 1 unspecified atom stereocenters. The number of carbonyl (C=O) groups is 3. The molecule has 0 spiro atoms. The van der Waals surface area contributed by atoms with Crippen molar-refractivity contribution in [3.8, 4) is 11.5 Å². The van der Waals surface area contributed by atoms with Gasteiger partial charge in [0.2, 0.25) is 5.91 Å². The van der Waals surface area contributed by atoms with Crippen LogP contribution in [0.5, 0.6) is 11.5 Å². The van der Waals surface area contributed by atoms with E-state index in [9.17, 15) is 14.4 Å². The Balaban J connectivity index is 1.28. The van der Waals surface area contributed by atoms with Crippen LogP contribution in [0.2, 0.25) is 5.02 Å². The van der Waals surface area contributed by atoms with Crippen LogP contribution in [0.3, 0.4) is 0 Å². The van der Waals surface area contributed by atoms with E-state index < -0.39 is 5.25 Å². The van der Waals surface area contributed by atoms with Gasteiger partial charge in [-0.15, -0.1) is 0 Å². The van der Waals surface area contributed by atoms with Gasteiger partial charge in [-0.1, -0.05) is 35.5 Å². The molecule has 1 atom stereocenters. The van der Waals surface area contributed by atoms with Gasteiger partial charge in [-0.3, -0.25) is 19.7 Å². The van der Waals surface area contributed by atoms with Gasteiger partial charge in [-0.2, -0.15) is 0 Å². The molecule has 0 radical (unpaired) electrons. The second kappa shape index (κ2) is 8.34. The summed E-state index contributed by atoms with van der Waals surface area (Å²) in [7, 11) is 0. The highest BCUT2D eigenvalue weighted by atomic mass is 35.5. The molecule has 2 aliphatic rings. The number of thioether (sulfide) groups is 1. The smallest absolute Gasteiger partial charge is 0.286 e. The molecule has 3 amide bonds. The van der Waals surface area contributed by atoms with E-state index in [1.165, 1.54) is 0 Å². The van der Waals surface area contributed by atoms with Gasteiger partial charge >= 0.3 is 0 Å². The fourth-order valence-electron chi connectivity index (χ4n) is 3.07. The number of nitrogens with zero attached hydrogens (tertiary/aromatic N) is 1. The first kappa shape index (κ1) is 19.6. The minimum absolute atomic E-state index is 0.144. The van der Waals surface area contributed by atoms with E-state index in [1.807, 2.05) is 12.1 Å². The lowest BCUT2D eigenvalue weighted by atomic mass is 10.1. The van der Waals surface area contributed by atoms with E-state index in [4.69, 9.17) is 21.1 Å². The molecule has 0 bridgehead atoms. The number of fused-ring (bicyclic) bond motifs is 1. The number of hydrogen-bond donors (Lipinski definition) is 1. The van der Waals surface area contributed by atoms with E-state index >= 15 is 0 Å². The molecule has 1 N–H and O–H groups in total. The number of amides is 3. The van der Waals surface area contributed by atoms with Crippen LogP contribution in [0.1, 0.15) is 15.9 Å². The third kappa shape index (κ3) is 4.49. The molecule has 2 aromatic rings. The van der Waals surface area contributed by atoms with Crippen molar-refractivity contribution in [2.45, 2.75) is 11.7 Å². The predicted octanol–water partition coefficient (Wildman–Crippen LogP) is 3.11. The van der Waals surface area contributed by atoms with Gasteiger partial charge in [-0.25, -0.2) is 0 Å². The summed E-state index contributed by atoms with van der Waals surface area (Å²) < 4.78 is 11.3. The van der Waals surface area contributed by atoms with E-state index in [-0.39, 0.29) is 23.8 Å². The van der Waals surface area contributed by atoms with Crippen molar-refractivity contribution in [3.63, 3.8) is 0 Å². The van der Waals surface area contributed by atoms with Crippen LogP contribution in [0, 0.1) is 0 Å². The molecule has 2 aromatic carbocycles. The zero-order chi connectivity index (χ0) is 20.4. The lowest BCUT2D eigenvalue weighted by Crippen LogP contribution is -2.41. The van der Waals surface area contributed by atoms with Gasteiger partial charge in [0.15, 0.2) is 6.73 Å². The lowest BCUT2D eigenvalue weighted by Gasteiger charge is -2.28. The van der Waals surface area contributed by atoms with Gasteiger partial charge in [0, 0.05) is 5.02 Å². The molecule has 150 valence electrons. The molecule has 0 aromatic heterocycles. The van der Waals surface area contributed by atoms with Crippen LogP contribution in [0.25, 0.3) is 0 Å². The number of benzene rings is 2. The Kier molecular flexibility index (Phi) is 5.64. The SMILES string of the molecule is O=C1NC(=O)C(Cc2ccc(OCCN3COc4ccc(Cl)cc4C3=O)cc2)S1. The Hall–Kier alpha value is -2.71. The molecule has 9 heteroatoms. The monoisotopic (exact) mass is 432 g/mol. The minimum atomic E-state index is -0.393. The van der Waals surface area contributed by atoms with Gasteiger partial charge < -0.3 is 14.4 Å². The summed E-state index contributed by atoms with van der Waals surface area (Å²) in [4.78, 5) is 37.0. The molecule has 4 rings (SSSR count). The number of carbonyl (C=O) groups excluding carboxylic acids is 3. The van der Waals surface area contributed by atoms with Crippen molar-refractivity contribution < 1.29 is 23.9 Å². The summed E-state index contributed by atoms with van der Waals surface area (Å²) in [5.41, 5.74) is 1.38. The Bertz CT molecular complexity index is 966. The summed E-state index contributed by atoms with van der Waals surface area (Å²) in [6.07, 6.45) is 0.476. The molecular weight excluding hydrogens is 416 g/mol. The fraction of sp³-hybridized carbons (Fsp3) is 0.250. The predicted molar refractivity (Wildman–Crippen MR) is 109 cm³/mol. The summed E-state index contributed by atoms with van der Waals surface area (Å²) in [6.45, 7) is 0.836. The van der Waals surface area contributed by atoms with Crippen molar-refractivity contribution in [1.82, 2.24) is 10.2 Å². The standard InChI is InChI=1S/C20H17ClN2O5S/c21-13-3-6-16-15(10-13)19(25)23(11-28-16)7-8-27-14-4-1-12(2-5-14)9-17-18(24)22-20(26)29-17/h1-6,10,17H,7-9,11H2,(H,22,24,26). The Morgan fingerprint density at radius 2 is 1.97 bits per heavy atom. The average molecular weight is 433 g/mol. The Labute approximate surface area is 176 Å². The summed E-state index contributed by atoms with van der Waals surface area (Å²) in [6, 6.07) is 12.3. The van der Waals surface area contributed by atoms with Crippen LogP contribution >= 0.6 is 23.4 Å². The average Bonchev–Trinajstić information content (AvgIpc) is 3.02. The lowest BCUT2D eigenvalue weighted by molar-refractivity contribution is -0.118. The second-order valence-corrected chi connectivity index (χ2v) is 8.17. The largest absolute Gasteiger partial charge is 0.492 e. The number of nitrogens with one attached hydrogen (secondary N) is 1. The quantitative estimate of drug-likeness (QED) is 0.755. The zero-order valence-corrected chi connectivity index (χ0v) is 16.8. The first-order valence-electron chi connectivity index (χ1n) is 8.94. The summed E-state index contributed by atoms with van der Waals surface area (Å²) in [5, 5.41) is 2.07. The highest BCUT2D eigenvalue weighted by Crippen LogP contribution is 2.28. The number of imide groups is 1. The van der Waals surface area contributed by atoms with Crippen molar-refractivity contribution in [1.29, 1.82) is 0 Å². The van der Waals surface area contributed by atoms with E-state index in [1.54, 1.807) is 35.2 Å². The molecular formula is C20H17ClN2O5S. The fourth-order valence-corrected chi connectivity index (χ4v) is 4.11. The maximum absolute atomic E-state index is 12.5. The highest BCUT2D eigenvalue weighted by molar-refractivity contribution is 8.15. The molecule has 2 aliphatic heterocycles. The van der Waals surface area contributed by atoms with Crippen LogP contribution in [-0.2, 0) is 11.2 Å². The van der Waals surface area contributed by atoms with Gasteiger partial charge in [-0.05, 0) is 42.3 Å². The molecule has 1 fully saturated rings. The van der Waals surface area contributed by atoms with E-state index in [0.29, 0.717) is 41.7 Å². The van der Waals surface area contributed by atoms with Crippen molar-refractivity contribution in [2.24, 2.45) is 0 Å². The molecule has 1 saturated heterocycles. The van der Waals surface area contributed by atoms with Crippen molar-refractivity contribution in [2.75, 3.05) is 19.9 Å². The van der Waals surface area contributed by atoms with Crippen molar-refractivity contribution in [3.05, 3.63) is 58.6 Å². The third-order valence-corrected chi connectivity index (χ3v) is 5.79. The highest BCUT2D eigenvalue weighted by Gasteiger charge is 2.31. The number of hydrogen-bond acceptors (Lipinski definition) is 6. The maximum atomic E-state index is 12.5. The normalized spacial score (nSPS) is 18.3. The molecule has 7 nitrogen and oxygen atoms in total. The summed E-state index contributed by atoms with van der Waals surface area (Å²) >= 11 is 6.97. The van der Waals surface area contributed by atoms with Gasteiger partial charge in [0.05, 0.1) is 17.4 Å².